The maximum Gasteiger partial charge on any atom is 0.321 e. The smallest absolute Gasteiger partial charge is 0.321 e. The van der Waals surface area contributed by atoms with Gasteiger partial charge in [0.25, 0.3) is 0 Å². The van der Waals surface area contributed by atoms with E-state index in [9.17, 15) is 9.90 Å². The zero-order valence-electron chi connectivity index (χ0n) is 9.77. The highest BCUT2D eigenvalue weighted by atomic mass is 16.5. The minimum Gasteiger partial charge on any atom is -0.480 e. The van der Waals surface area contributed by atoms with Crippen molar-refractivity contribution in [3.05, 3.63) is 0 Å². The van der Waals surface area contributed by atoms with Crippen molar-refractivity contribution in [1.29, 1.82) is 0 Å². The van der Waals surface area contributed by atoms with E-state index in [0.717, 1.165) is 13.0 Å². The van der Waals surface area contributed by atoms with Crippen LogP contribution in [-0.2, 0) is 9.53 Å². The topological polar surface area (TPSA) is 49.8 Å². The Kier molecular flexibility index (Phi) is 4.54. The third-order valence-corrected chi connectivity index (χ3v) is 2.99. The third kappa shape index (κ3) is 2.92. The van der Waals surface area contributed by atoms with Gasteiger partial charge in [-0.25, -0.2) is 0 Å². The van der Waals surface area contributed by atoms with E-state index in [0.29, 0.717) is 13.2 Å². The van der Waals surface area contributed by atoms with E-state index >= 15 is 0 Å². The molecular formula is C11H21NO3. The fraction of sp³-hybridized carbons (Fsp3) is 0.909. The average molecular weight is 215 g/mol. The Balaban J connectivity index is 2.75. The van der Waals surface area contributed by atoms with Crippen LogP contribution < -0.4 is 0 Å². The fourth-order valence-electron chi connectivity index (χ4n) is 2.20. The Bertz CT molecular complexity index is 218. The lowest BCUT2D eigenvalue weighted by atomic mass is 9.99. The second kappa shape index (κ2) is 5.47. The first-order chi connectivity index (χ1) is 7.07. The van der Waals surface area contributed by atoms with E-state index in [4.69, 9.17) is 4.74 Å². The molecule has 15 heavy (non-hydrogen) atoms. The van der Waals surface area contributed by atoms with E-state index in [1.165, 1.54) is 0 Å². The van der Waals surface area contributed by atoms with Crippen molar-refractivity contribution in [3.8, 4) is 0 Å². The van der Waals surface area contributed by atoms with Gasteiger partial charge >= 0.3 is 5.97 Å². The Labute approximate surface area is 91.2 Å². The Morgan fingerprint density at radius 2 is 2.27 bits per heavy atom. The van der Waals surface area contributed by atoms with Crippen LogP contribution in [0.5, 0.6) is 0 Å². The third-order valence-electron chi connectivity index (χ3n) is 2.99. The van der Waals surface area contributed by atoms with Crippen molar-refractivity contribution >= 4 is 5.97 Å². The molecule has 0 aliphatic carbocycles. The summed E-state index contributed by atoms with van der Waals surface area (Å²) in [5, 5.41) is 9.23. The summed E-state index contributed by atoms with van der Waals surface area (Å²) in [6.45, 7) is 8.03. The van der Waals surface area contributed by atoms with Crippen LogP contribution in [0.4, 0.5) is 0 Å². The first kappa shape index (κ1) is 12.5. The Morgan fingerprint density at radius 3 is 2.73 bits per heavy atom. The van der Waals surface area contributed by atoms with Crippen molar-refractivity contribution < 1.29 is 14.6 Å². The van der Waals surface area contributed by atoms with Gasteiger partial charge in [0, 0.05) is 12.6 Å². The van der Waals surface area contributed by atoms with Gasteiger partial charge in [0.05, 0.1) is 13.2 Å². The van der Waals surface area contributed by atoms with Gasteiger partial charge in [-0.05, 0) is 12.3 Å². The number of nitrogens with zero attached hydrogens (tertiary/aromatic N) is 1. The number of carbonyl (C=O) groups is 1. The number of carboxylic acids is 1. The van der Waals surface area contributed by atoms with Crippen LogP contribution in [-0.4, -0.2) is 47.8 Å². The summed E-state index contributed by atoms with van der Waals surface area (Å²) < 4.78 is 5.38. The van der Waals surface area contributed by atoms with Gasteiger partial charge < -0.3 is 9.84 Å². The minimum atomic E-state index is -0.717. The first-order valence-electron chi connectivity index (χ1n) is 5.64. The lowest BCUT2D eigenvalue weighted by Gasteiger charge is -2.40. The van der Waals surface area contributed by atoms with Crippen molar-refractivity contribution in [3.63, 3.8) is 0 Å². The highest BCUT2D eigenvalue weighted by Gasteiger charge is 2.34. The molecule has 1 fully saturated rings. The number of aliphatic carboxylic acids is 1. The van der Waals surface area contributed by atoms with Crippen molar-refractivity contribution in [2.45, 2.75) is 39.3 Å². The van der Waals surface area contributed by atoms with Crippen LogP contribution in [0.2, 0.25) is 0 Å². The summed E-state index contributed by atoms with van der Waals surface area (Å²) in [6.07, 6.45) is 0.941. The zero-order valence-corrected chi connectivity index (χ0v) is 9.77. The fourth-order valence-corrected chi connectivity index (χ4v) is 2.20. The summed E-state index contributed by atoms with van der Waals surface area (Å²) in [4.78, 5) is 13.3. The molecule has 1 aliphatic rings. The molecule has 0 aromatic carbocycles. The van der Waals surface area contributed by atoms with Gasteiger partial charge in [0.1, 0.15) is 6.04 Å². The van der Waals surface area contributed by atoms with Crippen molar-refractivity contribution in [2.24, 2.45) is 5.92 Å². The second-order valence-corrected chi connectivity index (χ2v) is 4.40. The molecule has 2 unspecified atom stereocenters. The standard InChI is InChI=1S/C11H21NO3/c1-4-9-7-15-6-5-12(9)10(8(2)3)11(13)14/h8-10H,4-7H2,1-3H3,(H,13,14). The summed E-state index contributed by atoms with van der Waals surface area (Å²) in [7, 11) is 0. The van der Waals surface area contributed by atoms with E-state index in [1.54, 1.807) is 0 Å². The van der Waals surface area contributed by atoms with Gasteiger partial charge in [-0.1, -0.05) is 20.8 Å². The van der Waals surface area contributed by atoms with Crippen molar-refractivity contribution in [1.82, 2.24) is 4.90 Å². The molecular weight excluding hydrogens is 194 g/mol. The van der Waals surface area contributed by atoms with Crippen molar-refractivity contribution in [2.75, 3.05) is 19.8 Å². The number of rotatable bonds is 4. The highest BCUT2D eigenvalue weighted by molar-refractivity contribution is 5.73. The van der Waals surface area contributed by atoms with Crippen LogP contribution in [0.3, 0.4) is 0 Å². The van der Waals surface area contributed by atoms with Gasteiger partial charge in [-0.2, -0.15) is 0 Å². The van der Waals surface area contributed by atoms with Gasteiger partial charge in [-0.3, -0.25) is 9.69 Å². The predicted octanol–water partition coefficient (Wildman–Crippen LogP) is 1.21. The van der Waals surface area contributed by atoms with Gasteiger partial charge in [0.2, 0.25) is 0 Å². The normalized spacial score (nSPS) is 25.5. The zero-order chi connectivity index (χ0) is 11.4. The SMILES string of the molecule is CCC1COCCN1C(C(=O)O)C(C)C. The molecule has 1 saturated heterocycles. The molecule has 0 bridgehead atoms. The quantitative estimate of drug-likeness (QED) is 0.765. The number of morpholine rings is 1. The van der Waals surface area contributed by atoms with Crippen LogP contribution in [0.15, 0.2) is 0 Å². The molecule has 0 aromatic rings. The average Bonchev–Trinajstić information content (AvgIpc) is 2.17. The summed E-state index contributed by atoms with van der Waals surface area (Å²) in [5.74, 6) is -0.583. The molecule has 1 N–H and O–H groups in total. The lowest BCUT2D eigenvalue weighted by molar-refractivity contribution is -0.149. The van der Waals surface area contributed by atoms with Gasteiger partial charge in [-0.15, -0.1) is 0 Å². The number of hydrogen-bond acceptors (Lipinski definition) is 3. The minimum absolute atomic E-state index is 0.134. The van der Waals surface area contributed by atoms with Crippen LogP contribution in [0.25, 0.3) is 0 Å². The number of ether oxygens (including phenoxy) is 1. The Morgan fingerprint density at radius 1 is 1.60 bits per heavy atom. The molecule has 1 heterocycles. The Hall–Kier alpha value is -0.610. The molecule has 2 atom stereocenters. The lowest BCUT2D eigenvalue weighted by Crippen LogP contribution is -2.55. The molecule has 0 radical (unpaired) electrons. The molecule has 0 amide bonds. The summed E-state index contributed by atoms with van der Waals surface area (Å²) >= 11 is 0. The number of hydrogen-bond donors (Lipinski definition) is 1. The monoisotopic (exact) mass is 215 g/mol. The second-order valence-electron chi connectivity index (χ2n) is 4.40. The summed E-state index contributed by atoms with van der Waals surface area (Å²) in [6, 6.07) is -0.124. The van der Waals surface area contributed by atoms with E-state index in [1.807, 2.05) is 13.8 Å². The molecule has 4 nitrogen and oxygen atoms in total. The van der Waals surface area contributed by atoms with Crippen LogP contribution >= 0.6 is 0 Å². The maximum atomic E-state index is 11.2. The largest absolute Gasteiger partial charge is 0.480 e. The number of carboxylic acid groups (broad SMARTS) is 1. The molecule has 0 spiro atoms. The van der Waals surface area contributed by atoms with Gasteiger partial charge in [0.15, 0.2) is 0 Å². The van der Waals surface area contributed by atoms with Crippen LogP contribution in [0, 0.1) is 5.92 Å². The highest BCUT2D eigenvalue weighted by Crippen LogP contribution is 2.19. The molecule has 0 aromatic heterocycles. The molecule has 88 valence electrons. The summed E-state index contributed by atoms with van der Waals surface area (Å²) in [5.41, 5.74) is 0. The van der Waals surface area contributed by atoms with Crippen LogP contribution in [0.1, 0.15) is 27.2 Å². The molecule has 4 heteroatoms. The molecule has 0 saturated carbocycles. The van der Waals surface area contributed by atoms with E-state index < -0.39 is 5.97 Å². The predicted molar refractivity (Wildman–Crippen MR) is 57.9 cm³/mol. The maximum absolute atomic E-state index is 11.2. The molecule has 1 aliphatic heterocycles. The molecule has 1 rings (SSSR count). The first-order valence-corrected chi connectivity index (χ1v) is 5.64. The van der Waals surface area contributed by atoms with E-state index in [-0.39, 0.29) is 18.0 Å². The van der Waals surface area contributed by atoms with E-state index in [2.05, 4.69) is 11.8 Å².